The summed E-state index contributed by atoms with van der Waals surface area (Å²) in [4.78, 5) is 44.3. The van der Waals surface area contributed by atoms with Crippen molar-refractivity contribution in [2.75, 3.05) is 18.9 Å². The standard InChI is InChI=1S/C14H20N6O5/c1-8(2)9(17-6-21)13(23)25-4-3-24-7-20-5-16-10-11(20)18-14(15)19-12(10)22/h5-6,8-9H,3-4,7H2,1-2H3,(H,17,21)(H3,15,18,19,22)/t9-/m0/s1. The summed E-state index contributed by atoms with van der Waals surface area (Å²) in [6, 6.07) is -0.700. The number of anilines is 1. The Morgan fingerprint density at radius 3 is 2.92 bits per heavy atom. The SMILES string of the molecule is CC(C)[C@H](NC=O)C(=O)OCCOCn1cnc2c(=O)[nH]c(N)nc21. The minimum absolute atomic E-state index is 0.0180. The molecular weight excluding hydrogens is 332 g/mol. The molecule has 1 amide bonds. The lowest BCUT2D eigenvalue weighted by Gasteiger charge is -2.18. The largest absolute Gasteiger partial charge is 0.462 e. The van der Waals surface area contributed by atoms with Gasteiger partial charge in [0, 0.05) is 0 Å². The van der Waals surface area contributed by atoms with Gasteiger partial charge in [-0.3, -0.25) is 19.1 Å². The summed E-state index contributed by atoms with van der Waals surface area (Å²) in [7, 11) is 0. The molecule has 11 heteroatoms. The summed E-state index contributed by atoms with van der Waals surface area (Å²) in [5, 5.41) is 2.41. The van der Waals surface area contributed by atoms with Crippen LogP contribution < -0.4 is 16.6 Å². The number of nitrogen functional groups attached to an aromatic ring is 1. The number of carbonyl (C=O) groups is 2. The summed E-state index contributed by atoms with van der Waals surface area (Å²) < 4.78 is 11.9. The van der Waals surface area contributed by atoms with Crippen molar-refractivity contribution in [2.24, 2.45) is 5.92 Å². The number of fused-ring (bicyclic) bond motifs is 1. The maximum Gasteiger partial charge on any atom is 0.328 e. The van der Waals surface area contributed by atoms with Gasteiger partial charge in [0.15, 0.2) is 11.2 Å². The molecule has 0 fully saturated rings. The number of imidazole rings is 1. The molecule has 0 unspecified atom stereocenters. The first-order valence-electron chi connectivity index (χ1n) is 7.58. The molecule has 136 valence electrons. The van der Waals surface area contributed by atoms with Crippen LogP contribution in [0.4, 0.5) is 5.95 Å². The number of nitrogens with two attached hydrogens (primary N) is 1. The zero-order chi connectivity index (χ0) is 18.4. The van der Waals surface area contributed by atoms with E-state index < -0.39 is 17.6 Å². The van der Waals surface area contributed by atoms with Gasteiger partial charge < -0.3 is 20.5 Å². The summed E-state index contributed by atoms with van der Waals surface area (Å²) in [5.41, 5.74) is 5.53. The first kappa shape index (κ1) is 18.4. The Balaban J connectivity index is 1.83. The van der Waals surface area contributed by atoms with Gasteiger partial charge >= 0.3 is 5.97 Å². The lowest BCUT2D eigenvalue weighted by molar-refractivity contribution is -0.150. The molecule has 2 aromatic heterocycles. The van der Waals surface area contributed by atoms with Crippen LogP contribution in [0.5, 0.6) is 0 Å². The highest BCUT2D eigenvalue weighted by Crippen LogP contribution is 2.06. The van der Waals surface area contributed by atoms with Gasteiger partial charge in [-0.2, -0.15) is 4.98 Å². The van der Waals surface area contributed by atoms with E-state index >= 15 is 0 Å². The Kier molecular flexibility index (Phi) is 6.06. The monoisotopic (exact) mass is 352 g/mol. The van der Waals surface area contributed by atoms with E-state index in [0.29, 0.717) is 12.1 Å². The number of amides is 1. The predicted octanol–water partition coefficient (Wildman–Crippen LogP) is -1.01. The summed E-state index contributed by atoms with van der Waals surface area (Å²) in [5.74, 6) is -0.638. The van der Waals surface area contributed by atoms with Crippen LogP contribution >= 0.6 is 0 Å². The Morgan fingerprint density at radius 2 is 2.24 bits per heavy atom. The topological polar surface area (TPSA) is 154 Å². The normalized spacial score (nSPS) is 12.3. The quantitative estimate of drug-likeness (QED) is 0.295. The summed E-state index contributed by atoms with van der Waals surface area (Å²) in [6.45, 7) is 3.79. The average Bonchev–Trinajstić information content (AvgIpc) is 2.95. The summed E-state index contributed by atoms with van der Waals surface area (Å²) in [6.07, 6.45) is 1.87. The number of aromatic amines is 1. The molecular formula is C14H20N6O5. The van der Waals surface area contributed by atoms with Crippen LogP contribution in [0.1, 0.15) is 13.8 Å². The third-order valence-electron chi connectivity index (χ3n) is 3.36. The van der Waals surface area contributed by atoms with Gasteiger partial charge in [0.25, 0.3) is 5.56 Å². The lowest BCUT2D eigenvalue weighted by Crippen LogP contribution is -2.41. The minimum atomic E-state index is -0.700. The number of carbonyl (C=O) groups excluding carboxylic acids is 2. The van der Waals surface area contributed by atoms with Crippen molar-refractivity contribution in [1.82, 2.24) is 24.8 Å². The van der Waals surface area contributed by atoms with E-state index in [9.17, 15) is 14.4 Å². The van der Waals surface area contributed by atoms with Crippen molar-refractivity contribution >= 4 is 29.5 Å². The van der Waals surface area contributed by atoms with Gasteiger partial charge in [0.1, 0.15) is 19.4 Å². The van der Waals surface area contributed by atoms with Crippen molar-refractivity contribution in [2.45, 2.75) is 26.6 Å². The van der Waals surface area contributed by atoms with E-state index in [0.717, 1.165) is 0 Å². The molecule has 0 bridgehead atoms. The molecule has 0 radical (unpaired) electrons. The molecule has 25 heavy (non-hydrogen) atoms. The third-order valence-corrected chi connectivity index (χ3v) is 3.36. The van der Waals surface area contributed by atoms with Gasteiger partial charge in [0.2, 0.25) is 12.4 Å². The average molecular weight is 352 g/mol. The fourth-order valence-corrected chi connectivity index (χ4v) is 2.13. The van der Waals surface area contributed by atoms with Crippen molar-refractivity contribution in [3.8, 4) is 0 Å². The fraction of sp³-hybridized carbons (Fsp3) is 0.500. The van der Waals surface area contributed by atoms with Crippen LogP contribution in [0.3, 0.4) is 0 Å². The van der Waals surface area contributed by atoms with Crippen LogP contribution in [0.2, 0.25) is 0 Å². The molecule has 1 atom stereocenters. The second kappa shape index (κ2) is 8.24. The molecule has 0 saturated heterocycles. The smallest absolute Gasteiger partial charge is 0.328 e. The number of ether oxygens (including phenoxy) is 2. The van der Waals surface area contributed by atoms with Crippen LogP contribution in [0, 0.1) is 5.92 Å². The molecule has 0 aliphatic carbocycles. The first-order chi connectivity index (χ1) is 11.9. The second-order valence-electron chi connectivity index (χ2n) is 5.55. The molecule has 0 aliphatic rings. The van der Waals surface area contributed by atoms with Gasteiger partial charge in [-0.15, -0.1) is 0 Å². The number of hydrogen-bond donors (Lipinski definition) is 3. The number of aromatic nitrogens is 4. The zero-order valence-electron chi connectivity index (χ0n) is 13.9. The number of hydrogen-bond acceptors (Lipinski definition) is 8. The molecule has 0 aliphatic heterocycles. The zero-order valence-corrected chi connectivity index (χ0v) is 13.9. The summed E-state index contributed by atoms with van der Waals surface area (Å²) >= 11 is 0. The van der Waals surface area contributed by atoms with Crippen molar-refractivity contribution in [3.63, 3.8) is 0 Å². The Bertz CT molecular complexity index is 799. The van der Waals surface area contributed by atoms with E-state index in [1.54, 1.807) is 13.8 Å². The first-order valence-corrected chi connectivity index (χ1v) is 7.58. The number of H-pyrrole nitrogens is 1. The van der Waals surface area contributed by atoms with Crippen LogP contribution in [-0.2, 0) is 25.8 Å². The molecule has 2 rings (SSSR count). The molecule has 2 heterocycles. The molecule has 0 saturated carbocycles. The fourth-order valence-electron chi connectivity index (χ4n) is 2.13. The number of nitrogens with zero attached hydrogens (tertiary/aromatic N) is 3. The third kappa shape index (κ3) is 4.53. The van der Waals surface area contributed by atoms with Crippen molar-refractivity contribution in [3.05, 3.63) is 16.7 Å². The second-order valence-corrected chi connectivity index (χ2v) is 5.55. The minimum Gasteiger partial charge on any atom is -0.462 e. The van der Waals surface area contributed by atoms with Gasteiger partial charge in [-0.1, -0.05) is 13.8 Å². The van der Waals surface area contributed by atoms with Crippen LogP contribution in [-0.4, -0.2) is 51.2 Å². The van der Waals surface area contributed by atoms with Crippen molar-refractivity contribution < 1.29 is 19.1 Å². The number of esters is 1. The molecule has 0 aromatic carbocycles. The highest BCUT2D eigenvalue weighted by molar-refractivity contribution is 5.78. The number of rotatable bonds is 9. The van der Waals surface area contributed by atoms with Crippen LogP contribution in [0.25, 0.3) is 11.2 Å². The van der Waals surface area contributed by atoms with E-state index in [1.807, 2.05) is 0 Å². The predicted molar refractivity (Wildman–Crippen MR) is 87.3 cm³/mol. The maximum atomic E-state index is 11.8. The molecule has 4 N–H and O–H groups in total. The van der Waals surface area contributed by atoms with Gasteiger partial charge in [-0.05, 0) is 5.92 Å². The maximum absolute atomic E-state index is 11.8. The van der Waals surface area contributed by atoms with Crippen molar-refractivity contribution in [1.29, 1.82) is 0 Å². The highest BCUT2D eigenvalue weighted by atomic mass is 16.6. The molecule has 11 nitrogen and oxygen atoms in total. The van der Waals surface area contributed by atoms with E-state index in [2.05, 4.69) is 20.3 Å². The number of nitrogens with one attached hydrogen (secondary N) is 2. The lowest BCUT2D eigenvalue weighted by atomic mass is 10.1. The molecule has 0 spiro atoms. The van der Waals surface area contributed by atoms with Crippen LogP contribution in [0.15, 0.2) is 11.1 Å². The van der Waals surface area contributed by atoms with Gasteiger partial charge in [0.05, 0.1) is 12.9 Å². The van der Waals surface area contributed by atoms with Gasteiger partial charge in [-0.25, -0.2) is 9.78 Å². The highest BCUT2D eigenvalue weighted by Gasteiger charge is 2.22. The Morgan fingerprint density at radius 1 is 1.48 bits per heavy atom. The van der Waals surface area contributed by atoms with E-state index in [1.165, 1.54) is 10.9 Å². The Labute approximate surface area is 142 Å². The van der Waals surface area contributed by atoms with E-state index in [4.69, 9.17) is 15.2 Å². The Hall–Kier alpha value is -2.95. The van der Waals surface area contributed by atoms with E-state index in [-0.39, 0.29) is 37.3 Å². The molecule has 2 aromatic rings.